The molecule has 3 aromatic rings. The van der Waals surface area contributed by atoms with Gasteiger partial charge in [0.1, 0.15) is 12.1 Å². The van der Waals surface area contributed by atoms with Gasteiger partial charge in [-0.3, -0.25) is 0 Å². The first kappa shape index (κ1) is 13.7. The minimum absolute atomic E-state index is 0. The van der Waals surface area contributed by atoms with Gasteiger partial charge in [0, 0.05) is 22.7 Å². The van der Waals surface area contributed by atoms with Crippen molar-refractivity contribution in [3.63, 3.8) is 0 Å². The molecular weight excluding hydrogens is 379 g/mol. The summed E-state index contributed by atoms with van der Waals surface area (Å²) in [5.41, 5.74) is 2.14. The zero-order chi connectivity index (χ0) is 11.8. The number of aryl methyl sites for hydroxylation is 1. The summed E-state index contributed by atoms with van der Waals surface area (Å²) in [7, 11) is 2.00. The SMILES string of the molecule is C[n+]1ccc(-c2nc3ccc(Cl)cc3s2)cc1.[I-]. The predicted octanol–water partition coefficient (Wildman–Crippen LogP) is 0.445. The summed E-state index contributed by atoms with van der Waals surface area (Å²) in [4.78, 5) is 4.60. The molecule has 3 rings (SSSR count). The Morgan fingerprint density at radius 2 is 1.89 bits per heavy atom. The van der Waals surface area contributed by atoms with Crippen molar-refractivity contribution < 1.29 is 28.5 Å². The second kappa shape index (κ2) is 5.50. The van der Waals surface area contributed by atoms with E-state index in [1.165, 1.54) is 0 Å². The molecule has 0 fully saturated rings. The number of rotatable bonds is 1. The van der Waals surface area contributed by atoms with E-state index < -0.39 is 0 Å². The number of aromatic nitrogens is 2. The van der Waals surface area contributed by atoms with Gasteiger partial charge in [0.05, 0.1) is 10.2 Å². The van der Waals surface area contributed by atoms with Gasteiger partial charge in [0.25, 0.3) is 0 Å². The summed E-state index contributed by atoms with van der Waals surface area (Å²) < 4.78 is 3.13. The second-order valence-corrected chi connectivity index (χ2v) is 5.35. The van der Waals surface area contributed by atoms with Crippen LogP contribution < -0.4 is 28.5 Å². The minimum Gasteiger partial charge on any atom is -1.00 e. The van der Waals surface area contributed by atoms with Gasteiger partial charge < -0.3 is 24.0 Å². The Labute approximate surface area is 131 Å². The predicted molar refractivity (Wildman–Crippen MR) is 71.2 cm³/mol. The van der Waals surface area contributed by atoms with Crippen molar-refractivity contribution in [3.8, 4) is 10.6 Å². The van der Waals surface area contributed by atoms with Crippen LogP contribution in [0.25, 0.3) is 20.8 Å². The van der Waals surface area contributed by atoms with Gasteiger partial charge in [0.15, 0.2) is 12.4 Å². The molecule has 0 atom stereocenters. The molecule has 92 valence electrons. The van der Waals surface area contributed by atoms with Gasteiger partial charge in [-0.2, -0.15) is 0 Å². The van der Waals surface area contributed by atoms with E-state index in [9.17, 15) is 0 Å². The van der Waals surface area contributed by atoms with Crippen molar-refractivity contribution in [3.05, 3.63) is 47.7 Å². The van der Waals surface area contributed by atoms with E-state index >= 15 is 0 Å². The number of fused-ring (bicyclic) bond motifs is 1. The van der Waals surface area contributed by atoms with Crippen molar-refractivity contribution >= 4 is 33.2 Å². The Balaban J connectivity index is 0.00000120. The van der Waals surface area contributed by atoms with Gasteiger partial charge in [-0.1, -0.05) is 11.6 Å². The molecule has 0 amide bonds. The van der Waals surface area contributed by atoms with E-state index in [0.29, 0.717) is 0 Å². The Morgan fingerprint density at radius 1 is 1.17 bits per heavy atom. The molecule has 0 spiro atoms. The van der Waals surface area contributed by atoms with Gasteiger partial charge in [0.2, 0.25) is 0 Å². The second-order valence-electron chi connectivity index (χ2n) is 3.88. The van der Waals surface area contributed by atoms with Crippen molar-refractivity contribution in [1.82, 2.24) is 4.98 Å². The van der Waals surface area contributed by atoms with Crippen LogP contribution >= 0.6 is 22.9 Å². The van der Waals surface area contributed by atoms with Crippen molar-refractivity contribution in [2.24, 2.45) is 7.05 Å². The standard InChI is InChI=1S/C13H10ClN2S.HI/c1-16-6-4-9(5-7-16)13-15-11-3-2-10(14)8-12(11)17-13;/h2-8H,1H3;1H/q+1;/p-1. The monoisotopic (exact) mass is 388 g/mol. The summed E-state index contributed by atoms with van der Waals surface area (Å²) in [5, 5.41) is 1.79. The van der Waals surface area contributed by atoms with Gasteiger partial charge in [-0.25, -0.2) is 9.55 Å². The fraction of sp³-hybridized carbons (Fsp3) is 0.0769. The van der Waals surface area contributed by atoms with Crippen LogP contribution in [0, 0.1) is 0 Å². The minimum atomic E-state index is 0. The quantitative estimate of drug-likeness (QED) is 0.437. The first-order chi connectivity index (χ1) is 8.22. The summed E-state index contributed by atoms with van der Waals surface area (Å²) in [6.07, 6.45) is 4.04. The van der Waals surface area contributed by atoms with Crippen LogP contribution in [-0.4, -0.2) is 4.98 Å². The molecule has 0 bridgehead atoms. The first-order valence-corrected chi connectivity index (χ1v) is 6.43. The largest absolute Gasteiger partial charge is 1.00 e. The van der Waals surface area contributed by atoms with Crippen molar-refractivity contribution in [2.45, 2.75) is 0 Å². The van der Waals surface area contributed by atoms with Crippen molar-refractivity contribution in [2.75, 3.05) is 0 Å². The molecule has 0 saturated carbocycles. The number of benzene rings is 1. The third-order valence-electron chi connectivity index (χ3n) is 2.58. The number of thiazole rings is 1. The molecule has 0 saturated heterocycles. The number of halogens is 2. The van der Waals surface area contributed by atoms with Crippen LogP contribution in [0.5, 0.6) is 0 Å². The topological polar surface area (TPSA) is 16.8 Å². The highest BCUT2D eigenvalue weighted by atomic mass is 127. The van der Waals surface area contributed by atoms with E-state index in [2.05, 4.69) is 17.1 Å². The van der Waals surface area contributed by atoms with E-state index in [1.807, 2.05) is 42.2 Å². The summed E-state index contributed by atoms with van der Waals surface area (Å²) in [6.45, 7) is 0. The third-order valence-corrected chi connectivity index (χ3v) is 3.88. The summed E-state index contributed by atoms with van der Waals surface area (Å²) in [5.74, 6) is 0. The lowest BCUT2D eigenvalue weighted by atomic mass is 10.3. The molecule has 0 aliphatic carbocycles. The van der Waals surface area contributed by atoms with Crippen LogP contribution in [0.1, 0.15) is 0 Å². The fourth-order valence-electron chi connectivity index (χ4n) is 1.67. The molecule has 18 heavy (non-hydrogen) atoms. The normalized spacial score (nSPS) is 10.3. The number of nitrogens with zero attached hydrogens (tertiary/aromatic N) is 2. The zero-order valence-electron chi connectivity index (χ0n) is 9.60. The maximum atomic E-state index is 5.97. The van der Waals surface area contributed by atoms with Crippen LogP contribution in [-0.2, 0) is 7.05 Å². The van der Waals surface area contributed by atoms with E-state index in [-0.39, 0.29) is 24.0 Å². The van der Waals surface area contributed by atoms with Gasteiger partial charge >= 0.3 is 0 Å². The lowest BCUT2D eigenvalue weighted by Crippen LogP contribution is -3.00. The molecule has 2 heterocycles. The van der Waals surface area contributed by atoms with Crippen LogP contribution in [0.4, 0.5) is 0 Å². The lowest BCUT2D eigenvalue weighted by molar-refractivity contribution is -0.671. The van der Waals surface area contributed by atoms with Crippen LogP contribution in [0.15, 0.2) is 42.7 Å². The summed E-state index contributed by atoms with van der Waals surface area (Å²) >= 11 is 7.64. The maximum absolute atomic E-state index is 5.97. The molecule has 2 aromatic heterocycles. The molecule has 0 unspecified atom stereocenters. The van der Waals surface area contributed by atoms with Crippen molar-refractivity contribution in [1.29, 1.82) is 0 Å². The Hall–Kier alpha value is -0.720. The molecule has 5 heteroatoms. The van der Waals surface area contributed by atoms with E-state index in [1.54, 1.807) is 11.3 Å². The highest BCUT2D eigenvalue weighted by Gasteiger charge is 2.07. The van der Waals surface area contributed by atoms with Gasteiger partial charge in [-0.05, 0) is 18.2 Å². The van der Waals surface area contributed by atoms with Crippen LogP contribution in [0.2, 0.25) is 5.02 Å². The molecular formula is C13H10ClIN2S. The average molecular weight is 389 g/mol. The Bertz CT molecular complexity index is 679. The summed E-state index contributed by atoms with van der Waals surface area (Å²) in [6, 6.07) is 9.93. The molecule has 0 aliphatic rings. The van der Waals surface area contributed by atoms with Gasteiger partial charge in [-0.15, -0.1) is 11.3 Å². The third kappa shape index (κ3) is 2.65. The number of pyridine rings is 1. The van der Waals surface area contributed by atoms with Crippen LogP contribution in [0.3, 0.4) is 0 Å². The van der Waals surface area contributed by atoms with E-state index in [0.717, 1.165) is 25.8 Å². The Morgan fingerprint density at radius 3 is 2.61 bits per heavy atom. The average Bonchev–Trinajstić information content (AvgIpc) is 2.72. The molecule has 0 aliphatic heterocycles. The smallest absolute Gasteiger partial charge is 0.169 e. The maximum Gasteiger partial charge on any atom is 0.169 e. The Kier molecular flexibility index (Phi) is 4.19. The molecule has 2 nitrogen and oxygen atoms in total. The molecule has 0 radical (unpaired) electrons. The van der Waals surface area contributed by atoms with E-state index in [4.69, 9.17) is 11.6 Å². The number of hydrogen-bond donors (Lipinski definition) is 0. The molecule has 0 N–H and O–H groups in total. The lowest BCUT2D eigenvalue weighted by Gasteiger charge is -1.92. The fourth-order valence-corrected chi connectivity index (χ4v) is 2.91. The molecule has 1 aromatic carbocycles. The highest BCUT2D eigenvalue weighted by Crippen LogP contribution is 2.31. The highest BCUT2D eigenvalue weighted by molar-refractivity contribution is 7.21. The first-order valence-electron chi connectivity index (χ1n) is 5.24. The number of hydrogen-bond acceptors (Lipinski definition) is 2. The zero-order valence-corrected chi connectivity index (χ0v) is 13.3.